The summed E-state index contributed by atoms with van der Waals surface area (Å²) in [5, 5.41) is 3.60. The third-order valence-electron chi connectivity index (χ3n) is 2.75. The number of sulfonamides is 2. The molecule has 0 saturated heterocycles. The molecule has 21 heavy (non-hydrogen) atoms. The molecule has 112 valence electrons. The second-order valence-corrected chi connectivity index (χ2v) is 7.68. The maximum absolute atomic E-state index is 12.2. The number of primary sulfonamides is 1. The van der Waals surface area contributed by atoms with E-state index in [-0.39, 0.29) is 10.5 Å². The van der Waals surface area contributed by atoms with Gasteiger partial charge in [-0.2, -0.15) is 4.72 Å². The van der Waals surface area contributed by atoms with Gasteiger partial charge >= 0.3 is 0 Å². The van der Waals surface area contributed by atoms with Crippen LogP contribution in [0, 0.1) is 0 Å². The van der Waals surface area contributed by atoms with Crippen molar-refractivity contribution in [3.8, 4) is 0 Å². The lowest BCUT2D eigenvalue weighted by atomic mass is 10.2. The highest BCUT2D eigenvalue weighted by Crippen LogP contribution is 2.20. The number of benzene rings is 2. The Morgan fingerprint density at radius 1 is 0.810 bits per heavy atom. The van der Waals surface area contributed by atoms with Gasteiger partial charge in [-0.1, -0.05) is 48.5 Å². The van der Waals surface area contributed by atoms with Gasteiger partial charge in [0.15, 0.2) is 5.37 Å². The minimum atomic E-state index is -4.15. The summed E-state index contributed by atoms with van der Waals surface area (Å²) in [6.45, 7) is 0. The van der Waals surface area contributed by atoms with Crippen molar-refractivity contribution in [2.24, 2.45) is 5.14 Å². The van der Waals surface area contributed by atoms with Crippen LogP contribution in [0.3, 0.4) is 0 Å². The van der Waals surface area contributed by atoms with Crippen molar-refractivity contribution in [3.05, 3.63) is 66.2 Å². The molecule has 0 amide bonds. The molecule has 0 aliphatic carbocycles. The summed E-state index contributed by atoms with van der Waals surface area (Å²) < 4.78 is 50.0. The molecule has 3 N–H and O–H groups in total. The van der Waals surface area contributed by atoms with Crippen LogP contribution in [0.2, 0.25) is 0 Å². The molecular weight excluding hydrogens is 312 g/mol. The number of hydrogen-bond donors (Lipinski definition) is 2. The van der Waals surface area contributed by atoms with Gasteiger partial charge in [0.25, 0.3) is 0 Å². The van der Waals surface area contributed by atoms with E-state index in [0.29, 0.717) is 0 Å². The van der Waals surface area contributed by atoms with Crippen LogP contribution in [0.4, 0.5) is 0 Å². The maximum Gasteiger partial charge on any atom is 0.242 e. The lowest BCUT2D eigenvalue weighted by Crippen LogP contribution is -2.37. The molecule has 2 rings (SSSR count). The van der Waals surface area contributed by atoms with Gasteiger partial charge in [-0.3, -0.25) is 0 Å². The fraction of sp³-hybridized carbons (Fsp3) is 0.0769. The fourth-order valence-corrected chi connectivity index (χ4v) is 4.28. The Morgan fingerprint density at radius 3 is 1.76 bits per heavy atom. The Morgan fingerprint density at radius 2 is 1.29 bits per heavy atom. The first kappa shape index (κ1) is 15.6. The monoisotopic (exact) mass is 326 g/mol. The molecule has 0 fully saturated rings. The molecule has 2 aromatic carbocycles. The molecule has 0 heterocycles. The summed E-state index contributed by atoms with van der Waals surface area (Å²) in [5.41, 5.74) is 0.250. The molecule has 0 bridgehead atoms. The van der Waals surface area contributed by atoms with Crippen LogP contribution >= 0.6 is 0 Å². The second kappa shape index (κ2) is 5.94. The van der Waals surface area contributed by atoms with E-state index in [4.69, 9.17) is 5.14 Å². The first-order chi connectivity index (χ1) is 9.81. The molecular formula is C13H14N2O4S2. The Hall–Kier alpha value is -1.74. The van der Waals surface area contributed by atoms with E-state index in [1.54, 1.807) is 36.4 Å². The van der Waals surface area contributed by atoms with Crippen LogP contribution in [0.25, 0.3) is 0 Å². The van der Waals surface area contributed by atoms with E-state index in [9.17, 15) is 16.8 Å². The SMILES string of the molecule is NS(=O)(=O)C(NS(=O)(=O)c1ccccc1)c1ccccc1. The van der Waals surface area contributed by atoms with Crippen molar-refractivity contribution >= 4 is 20.0 Å². The van der Waals surface area contributed by atoms with Crippen LogP contribution in [0.5, 0.6) is 0 Å². The molecule has 0 aliphatic heterocycles. The minimum absolute atomic E-state index is 0.0328. The second-order valence-electron chi connectivity index (χ2n) is 4.31. The summed E-state index contributed by atoms with van der Waals surface area (Å²) in [5.74, 6) is 0. The van der Waals surface area contributed by atoms with Gasteiger partial charge in [-0.15, -0.1) is 0 Å². The van der Waals surface area contributed by atoms with E-state index in [1.165, 1.54) is 24.3 Å². The van der Waals surface area contributed by atoms with Crippen LogP contribution in [-0.2, 0) is 20.0 Å². The summed E-state index contributed by atoms with van der Waals surface area (Å²) >= 11 is 0. The minimum Gasteiger partial charge on any atom is -0.227 e. The normalized spacial score (nSPS) is 13.8. The van der Waals surface area contributed by atoms with Crippen molar-refractivity contribution < 1.29 is 16.8 Å². The van der Waals surface area contributed by atoms with Crippen LogP contribution in [0.15, 0.2) is 65.6 Å². The summed E-state index contributed by atoms with van der Waals surface area (Å²) in [6.07, 6.45) is 0. The summed E-state index contributed by atoms with van der Waals surface area (Å²) in [4.78, 5) is -0.0328. The summed E-state index contributed by atoms with van der Waals surface area (Å²) in [6, 6.07) is 15.4. The number of hydrogen-bond acceptors (Lipinski definition) is 4. The zero-order valence-electron chi connectivity index (χ0n) is 10.9. The van der Waals surface area contributed by atoms with E-state index in [1.807, 2.05) is 0 Å². The van der Waals surface area contributed by atoms with Crippen molar-refractivity contribution in [2.45, 2.75) is 10.3 Å². The molecule has 8 heteroatoms. The topological polar surface area (TPSA) is 106 Å². The summed E-state index contributed by atoms with van der Waals surface area (Å²) in [7, 11) is -8.15. The van der Waals surface area contributed by atoms with E-state index >= 15 is 0 Å². The first-order valence-corrected chi connectivity index (χ1v) is 9.04. The third kappa shape index (κ3) is 3.88. The molecule has 0 aliphatic rings. The smallest absolute Gasteiger partial charge is 0.227 e. The highest BCUT2D eigenvalue weighted by atomic mass is 32.2. The predicted molar refractivity (Wildman–Crippen MR) is 79.1 cm³/mol. The zero-order chi connectivity index (χ0) is 15.5. The van der Waals surface area contributed by atoms with Gasteiger partial charge in [0.2, 0.25) is 20.0 Å². The maximum atomic E-state index is 12.2. The fourth-order valence-electron chi connectivity index (χ4n) is 1.76. The predicted octanol–water partition coefficient (Wildman–Crippen LogP) is 0.952. The quantitative estimate of drug-likeness (QED) is 0.853. The van der Waals surface area contributed by atoms with Gasteiger partial charge in [-0.25, -0.2) is 22.0 Å². The molecule has 2 aromatic rings. The first-order valence-electron chi connectivity index (χ1n) is 5.95. The van der Waals surface area contributed by atoms with Gasteiger partial charge in [-0.05, 0) is 17.7 Å². The Labute approximate surface area is 123 Å². The average Bonchev–Trinajstić information content (AvgIpc) is 2.46. The van der Waals surface area contributed by atoms with E-state index < -0.39 is 25.4 Å². The van der Waals surface area contributed by atoms with Gasteiger partial charge < -0.3 is 0 Å². The van der Waals surface area contributed by atoms with Crippen molar-refractivity contribution in [1.29, 1.82) is 0 Å². The Kier molecular flexibility index (Phi) is 4.43. The molecule has 0 saturated carbocycles. The zero-order valence-corrected chi connectivity index (χ0v) is 12.5. The molecule has 0 aromatic heterocycles. The molecule has 0 radical (unpaired) electrons. The highest BCUT2D eigenvalue weighted by molar-refractivity contribution is 7.92. The van der Waals surface area contributed by atoms with E-state index in [0.717, 1.165) is 0 Å². The average molecular weight is 326 g/mol. The molecule has 0 spiro atoms. The van der Waals surface area contributed by atoms with Crippen LogP contribution < -0.4 is 9.86 Å². The molecule has 1 unspecified atom stereocenters. The Balaban J connectivity index is 2.42. The van der Waals surface area contributed by atoms with E-state index in [2.05, 4.69) is 4.72 Å². The Bertz CT molecular complexity index is 804. The van der Waals surface area contributed by atoms with Gasteiger partial charge in [0, 0.05) is 0 Å². The van der Waals surface area contributed by atoms with Crippen LogP contribution in [-0.4, -0.2) is 16.8 Å². The third-order valence-corrected chi connectivity index (χ3v) is 5.38. The van der Waals surface area contributed by atoms with Crippen molar-refractivity contribution in [2.75, 3.05) is 0 Å². The van der Waals surface area contributed by atoms with Gasteiger partial charge in [0.05, 0.1) is 4.90 Å². The number of nitrogens with one attached hydrogen (secondary N) is 1. The standard InChI is InChI=1S/C13H14N2O4S2/c14-20(16,17)13(11-7-3-1-4-8-11)15-21(18,19)12-9-5-2-6-10-12/h1-10,13,15H,(H2,14,16,17). The molecule has 6 nitrogen and oxygen atoms in total. The highest BCUT2D eigenvalue weighted by Gasteiger charge is 2.29. The number of nitrogens with two attached hydrogens (primary N) is 1. The van der Waals surface area contributed by atoms with Crippen molar-refractivity contribution in [1.82, 2.24) is 4.72 Å². The van der Waals surface area contributed by atoms with Crippen LogP contribution in [0.1, 0.15) is 10.9 Å². The number of rotatable bonds is 5. The molecule has 1 atom stereocenters. The van der Waals surface area contributed by atoms with Gasteiger partial charge in [0.1, 0.15) is 0 Å². The van der Waals surface area contributed by atoms with Crippen molar-refractivity contribution in [3.63, 3.8) is 0 Å². The lowest BCUT2D eigenvalue weighted by molar-refractivity contribution is 0.558. The largest absolute Gasteiger partial charge is 0.242 e. The lowest BCUT2D eigenvalue weighted by Gasteiger charge is -2.17.